The molecule has 0 aliphatic carbocycles. The van der Waals surface area contributed by atoms with E-state index in [0.717, 1.165) is 103 Å². The maximum absolute atomic E-state index is 12.9. The zero-order valence-electron chi connectivity index (χ0n) is 53.1. The maximum Gasteiger partial charge on any atom is 0.306 e. The van der Waals surface area contributed by atoms with Crippen molar-refractivity contribution < 1.29 is 28.6 Å². The summed E-state index contributed by atoms with van der Waals surface area (Å²) in [7, 11) is 0. The van der Waals surface area contributed by atoms with Crippen molar-refractivity contribution in [3.05, 3.63) is 85.1 Å². The molecule has 0 radical (unpaired) electrons. The van der Waals surface area contributed by atoms with Gasteiger partial charge in [-0.15, -0.1) is 0 Å². The van der Waals surface area contributed by atoms with Crippen LogP contribution >= 0.6 is 0 Å². The van der Waals surface area contributed by atoms with Crippen LogP contribution in [0.4, 0.5) is 0 Å². The second-order valence-electron chi connectivity index (χ2n) is 23.1. The van der Waals surface area contributed by atoms with Crippen LogP contribution in [-0.4, -0.2) is 37.2 Å². The van der Waals surface area contributed by atoms with Gasteiger partial charge in [0.05, 0.1) is 0 Å². The van der Waals surface area contributed by atoms with Crippen LogP contribution < -0.4 is 0 Å². The first-order chi connectivity index (χ1) is 39.5. The molecule has 0 N–H and O–H groups in total. The van der Waals surface area contributed by atoms with E-state index in [0.29, 0.717) is 19.3 Å². The van der Waals surface area contributed by atoms with Crippen LogP contribution in [0.2, 0.25) is 0 Å². The van der Waals surface area contributed by atoms with Crippen molar-refractivity contribution in [2.75, 3.05) is 13.2 Å². The highest BCUT2D eigenvalue weighted by molar-refractivity contribution is 5.71. The highest BCUT2D eigenvalue weighted by atomic mass is 16.6. The summed E-state index contributed by atoms with van der Waals surface area (Å²) in [5.41, 5.74) is 0. The molecule has 462 valence electrons. The molecule has 0 heterocycles. The van der Waals surface area contributed by atoms with Gasteiger partial charge in [-0.05, 0) is 96.3 Å². The Morgan fingerprint density at radius 3 is 0.787 bits per heavy atom. The summed E-state index contributed by atoms with van der Waals surface area (Å²) in [5.74, 6) is -0.871. The van der Waals surface area contributed by atoms with Gasteiger partial charge in [-0.1, -0.05) is 318 Å². The van der Waals surface area contributed by atoms with Gasteiger partial charge < -0.3 is 14.2 Å². The Bertz CT molecular complexity index is 1520. The molecule has 0 fully saturated rings. The minimum absolute atomic E-state index is 0.0777. The summed E-state index contributed by atoms with van der Waals surface area (Å²) >= 11 is 0. The summed E-state index contributed by atoms with van der Waals surface area (Å²) in [6.07, 6.45) is 90.3. The maximum atomic E-state index is 12.9. The zero-order valence-corrected chi connectivity index (χ0v) is 53.1. The van der Waals surface area contributed by atoms with E-state index < -0.39 is 6.10 Å². The van der Waals surface area contributed by atoms with E-state index in [-0.39, 0.29) is 31.1 Å². The Morgan fingerprint density at radius 2 is 0.487 bits per heavy atom. The van der Waals surface area contributed by atoms with Gasteiger partial charge >= 0.3 is 17.9 Å². The SMILES string of the molecule is CC/C=C\C/C=C\C/C=C\C/C=C\C/C=C\C/C=C\CCCCCCCCCCCCC(=O)OCC(COC(=O)CCCCCCC/C=C\CCCCCC)OC(=O)CCCCCCCCCCCCCCCCCCCCCC. The fourth-order valence-electron chi connectivity index (χ4n) is 9.97. The number of esters is 3. The zero-order chi connectivity index (χ0) is 57.8. The number of carbonyl (C=O) groups is 3. The molecule has 0 aliphatic heterocycles. The summed E-state index contributed by atoms with van der Waals surface area (Å²) in [6, 6.07) is 0. The number of hydrogen-bond donors (Lipinski definition) is 0. The van der Waals surface area contributed by atoms with Crippen molar-refractivity contribution in [1.29, 1.82) is 0 Å². The van der Waals surface area contributed by atoms with E-state index in [1.165, 1.54) is 205 Å². The van der Waals surface area contributed by atoms with E-state index in [2.05, 4.69) is 106 Å². The lowest BCUT2D eigenvalue weighted by Crippen LogP contribution is -2.30. The normalized spacial score (nSPS) is 12.6. The van der Waals surface area contributed by atoms with Gasteiger partial charge in [0, 0.05) is 19.3 Å². The van der Waals surface area contributed by atoms with Crippen LogP contribution in [0, 0.1) is 0 Å². The molecule has 0 aromatic carbocycles. The Hall–Kier alpha value is -3.41. The second-order valence-corrected chi connectivity index (χ2v) is 23.1. The fraction of sp³-hybridized carbons (Fsp3) is 0.770. The molecule has 1 unspecified atom stereocenters. The molecule has 0 rings (SSSR count). The van der Waals surface area contributed by atoms with Crippen molar-refractivity contribution in [3.63, 3.8) is 0 Å². The van der Waals surface area contributed by atoms with Crippen LogP contribution in [0.25, 0.3) is 0 Å². The smallest absolute Gasteiger partial charge is 0.306 e. The third-order valence-corrected chi connectivity index (χ3v) is 15.1. The van der Waals surface area contributed by atoms with Gasteiger partial charge in [0.1, 0.15) is 13.2 Å². The molecule has 6 heteroatoms. The molecular weight excluding hydrogens is 985 g/mol. The van der Waals surface area contributed by atoms with Gasteiger partial charge in [0.25, 0.3) is 0 Å². The van der Waals surface area contributed by atoms with Gasteiger partial charge in [0.15, 0.2) is 6.10 Å². The minimum atomic E-state index is -0.781. The first-order valence-corrected chi connectivity index (χ1v) is 34.6. The van der Waals surface area contributed by atoms with E-state index in [4.69, 9.17) is 14.2 Å². The predicted octanol–water partition coefficient (Wildman–Crippen LogP) is 23.8. The molecule has 0 aromatic heterocycles. The quantitative estimate of drug-likeness (QED) is 0.0261. The van der Waals surface area contributed by atoms with Crippen molar-refractivity contribution >= 4 is 17.9 Å². The standard InChI is InChI=1S/C74H130O6/c1-4-7-10-13-16-19-22-25-27-29-31-33-34-35-36-37-38-39-40-41-43-44-46-49-52-55-58-61-64-67-73(76)79-70-71(69-78-72(75)66-63-60-57-54-51-48-24-21-18-15-12-9-6-3)80-74(77)68-65-62-59-56-53-50-47-45-42-32-30-28-26-23-20-17-14-11-8-5-2/h7,10,16,19,21,24-25,27,31,33,35-36,38-39,71H,4-6,8-9,11-15,17-18,20,22-23,26,28-30,32,34,37,40-70H2,1-3H3/b10-7-,19-16-,24-21-,27-25-,33-31-,36-35-,39-38-. The molecule has 1 atom stereocenters. The highest BCUT2D eigenvalue weighted by Crippen LogP contribution is 2.17. The lowest BCUT2D eigenvalue weighted by atomic mass is 10.0. The summed E-state index contributed by atoms with van der Waals surface area (Å²) in [6.45, 7) is 6.55. The summed E-state index contributed by atoms with van der Waals surface area (Å²) in [4.78, 5) is 38.4. The molecule has 0 saturated heterocycles. The molecule has 0 aromatic rings. The van der Waals surface area contributed by atoms with Crippen molar-refractivity contribution in [1.82, 2.24) is 0 Å². The van der Waals surface area contributed by atoms with E-state index in [1.54, 1.807) is 0 Å². The van der Waals surface area contributed by atoms with Crippen LogP contribution in [0.5, 0.6) is 0 Å². The van der Waals surface area contributed by atoms with E-state index >= 15 is 0 Å². The monoisotopic (exact) mass is 1110 g/mol. The highest BCUT2D eigenvalue weighted by Gasteiger charge is 2.19. The topological polar surface area (TPSA) is 78.9 Å². The first-order valence-electron chi connectivity index (χ1n) is 34.6. The average molecular weight is 1120 g/mol. The predicted molar refractivity (Wildman–Crippen MR) is 348 cm³/mol. The first kappa shape index (κ1) is 76.6. The van der Waals surface area contributed by atoms with Crippen LogP contribution in [0.1, 0.15) is 348 Å². The Balaban J connectivity index is 4.27. The van der Waals surface area contributed by atoms with Gasteiger partial charge in [-0.25, -0.2) is 0 Å². The van der Waals surface area contributed by atoms with E-state index in [9.17, 15) is 14.4 Å². The van der Waals surface area contributed by atoms with Crippen LogP contribution in [-0.2, 0) is 28.6 Å². The molecule has 80 heavy (non-hydrogen) atoms. The van der Waals surface area contributed by atoms with Crippen molar-refractivity contribution in [2.45, 2.75) is 354 Å². The molecule has 0 saturated carbocycles. The minimum Gasteiger partial charge on any atom is -0.462 e. The molecule has 0 amide bonds. The number of unbranched alkanes of at least 4 members (excludes halogenated alkanes) is 38. The number of rotatable bonds is 63. The van der Waals surface area contributed by atoms with Crippen LogP contribution in [0.3, 0.4) is 0 Å². The second kappa shape index (κ2) is 68.1. The number of allylic oxidation sites excluding steroid dienone is 14. The average Bonchev–Trinajstić information content (AvgIpc) is 3.46. The van der Waals surface area contributed by atoms with Gasteiger partial charge in [-0.3, -0.25) is 14.4 Å². The summed E-state index contributed by atoms with van der Waals surface area (Å²) in [5, 5.41) is 0. The van der Waals surface area contributed by atoms with Crippen molar-refractivity contribution in [3.8, 4) is 0 Å². The van der Waals surface area contributed by atoms with Gasteiger partial charge in [0.2, 0.25) is 0 Å². The Kier molecular flexibility index (Phi) is 65.2. The van der Waals surface area contributed by atoms with Crippen LogP contribution in [0.15, 0.2) is 85.1 Å². The molecule has 6 nitrogen and oxygen atoms in total. The third kappa shape index (κ3) is 65.4. The fourth-order valence-corrected chi connectivity index (χ4v) is 9.97. The molecule has 0 aliphatic rings. The number of ether oxygens (including phenoxy) is 3. The lowest BCUT2D eigenvalue weighted by Gasteiger charge is -2.18. The largest absolute Gasteiger partial charge is 0.462 e. The summed E-state index contributed by atoms with van der Waals surface area (Å²) < 4.78 is 17.0. The molecule has 0 spiro atoms. The Morgan fingerprint density at radius 1 is 0.263 bits per heavy atom. The molecular formula is C74H130O6. The number of carbonyl (C=O) groups excluding carboxylic acids is 3. The number of hydrogen-bond acceptors (Lipinski definition) is 6. The van der Waals surface area contributed by atoms with E-state index in [1.807, 2.05) is 0 Å². The Labute approximate surface area is 496 Å². The molecule has 0 bridgehead atoms. The lowest BCUT2D eigenvalue weighted by molar-refractivity contribution is -0.167. The van der Waals surface area contributed by atoms with Crippen molar-refractivity contribution in [2.24, 2.45) is 0 Å². The third-order valence-electron chi connectivity index (χ3n) is 15.1. The van der Waals surface area contributed by atoms with Gasteiger partial charge in [-0.2, -0.15) is 0 Å².